The van der Waals surface area contributed by atoms with E-state index >= 15 is 0 Å². The Labute approximate surface area is 83.2 Å². The van der Waals surface area contributed by atoms with Crippen LogP contribution in [-0.4, -0.2) is 23.6 Å². The lowest BCUT2D eigenvalue weighted by molar-refractivity contribution is 0.247. The van der Waals surface area contributed by atoms with Crippen molar-refractivity contribution in [3.8, 4) is 0 Å². The molecule has 0 amide bonds. The second kappa shape index (κ2) is 3.07. The van der Waals surface area contributed by atoms with Crippen LogP contribution >= 0.6 is 0 Å². The monoisotopic (exact) mass is 193 g/mol. The zero-order chi connectivity index (χ0) is 9.54. The molecule has 3 heterocycles. The summed E-state index contributed by atoms with van der Waals surface area (Å²) in [6, 6.07) is 0.464. The number of aromatic nitrogens is 1. The van der Waals surface area contributed by atoms with E-state index in [4.69, 9.17) is 4.52 Å². The summed E-state index contributed by atoms with van der Waals surface area (Å²) in [4.78, 5) is 2.36. The molecule has 0 aliphatic carbocycles. The van der Waals surface area contributed by atoms with Crippen LogP contribution in [0.4, 0.5) is 0 Å². The molecule has 0 bridgehead atoms. The molecule has 1 unspecified atom stereocenters. The second-order valence-electron chi connectivity index (χ2n) is 4.21. The average molecular weight is 193 g/mol. The fourth-order valence-electron chi connectivity index (χ4n) is 2.49. The summed E-state index contributed by atoms with van der Waals surface area (Å²) in [5.74, 6) is 1.10. The van der Waals surface area contributed by atoms with Crippen LogP contribution in [-0.2, 0) is 13.1 Å². The fourth-order valence-corrected chi connectivity index (χ4v) is 2.49. The summed E-state index contributed by atoms with van der Waals surface area (Å²) in [6.45, 7) is 2.97. The Morgan fingerprint density at radius 3 is 3.21 bits per heavy atom. The Balaban J connectivity index is 1.96. The van der Waals surface area contributed by atoms with Crippen molar-refractivity contribution in [2.45, 2.75) is 32.0 Å². The molecular formula is C10H15N3O. The Hall–Kier alpha value is -0.870. The average Bonchev–Trinajstić information content (AvgIpc) is 2.78. The molecule has 3 rings (SSSR count). The molecule has 1 aromatic rings. The van der Waals surface area contributed by atoms with E-state index in [1.807, 2.05) is 0 Å². The third kappa shape index (κ3) is 1.11. The van der Waals surface area contributed by atoms with E-state index in [9.17, 15) is 0 Å². The summed E-state index contributed by atoms with van der Waals surface area (Å²) in [5, 5.41) is 7.42. The van der Waals surface area contributed by atoms with Crippen molar-refractivity contribution in [1.29, 1.82) is 0 Å². The molecule has 2 aliphatic rings. The molecule has 0 saturated carbocycles. The molecule has 4 heteroatoms. The minimum absolute atomic E-state index is 0.464. The van der Waals surface area contributed by atoms with Gasteiger partial charge < -0.3 is 9.84 Å². The predicted octanol–water partition coefficient (Wildman–Crippen LogP) is 1.04. The van der Waals surface area contributed by atoms with Gasteiger partial charge in [-0.25, -0.2) is 0 Å². The van der Waals surface area contributed by atoms with Crippen LogP contribution in [0.1, 0.15) is 35.9 Å². The Morgan fingerprint density at radius 2 is 2.43 bits per heavy atom. The van der Waals surface area contributed by atoms with E-state index in [1.165, 1.54) is 24.9 Å². The fraction of sp³-hybridized carbons (Fsp3) is 0.700. The largest absolute Gasteiger partial charge is 0.359 e. The van der Waals surface area contributed by atoms with Gasteiger partial charge in [-0.1, -0.05) is 5.16 Å². The van der Waals surface area contributed by atoms with Crippen LogP contribution in [0.15, 0.2) is 4.52 Å². The highest BCUT2D eigenvalue weighted by atomic mass is 16.5. The molecule has 1 saturated heterocycles. The van der Waals surface area contributed by atoms with Gasteiger partial charge in [0, 0.05) is 18.7 Å². The highest BCUT2D eigenvalue weighted by molar-refractivity contribution is 5.28. The summed E-state index contributed by atoms with van der Waals surface area (Å²) in [5.41, 5.74) is 2.42. The van der Waals surface area contributed by atoms with E-state index in [1.54, 1.807) is 0 Å². The molecule has 0 aromatic carbocycles. The van der Waals surface area contributed by atoms with Gasteiger partial charge in [-0.3, -0.25) is 4.90 Å². The maximum atomic E-state index is 5.46. The number of rotatable bonds is 1. The lowest BCUT2D eigenvalue weighted by atomic mass is 10.1. The van der Waals surface area contributed by atoms with E-state index in [0.717, 1.165) is 24.5 Å². The Bertz CT molecular complexity index is 347. The molecule has 1 aromatic heterocycles. The molecule has 1 N–H and O–H groups in total. The van der Waals surface area contributed by atoms with Crippen molar-refractivity contribution in [1.82, 2.24) is 15.4 Å². The van der Waals surface area contributed by atoms with Crippen LogP contribution in [0.5, 0.6) is 0 Å². The smallest absolute Gasteiger partial charge is 0.158 e. The first kappa shape index (κ1) is 8.44. The molecule has 2 aliphatic heterocycles. The van der Waals surface area contributed by atoms with Crippen LogP contribution in [0, 0.1) is 0 Å². The van der Waals surface area contributed by atoms with Gasteiger partial charge in [0.15, 0.2) is 5.76 Å². The minimum Gasteiger partial charge on any atom is -0.359 e. The molecule has 1 atom stereocenters. The van der Waals surface area contributed by atoms with Crippen molar-refractivity contribution < 1.29 is 4.52 Å². The molecule has 4 nitrogen and oxygen atoms in total. The van der Waals surface area contributed by atoms with E-state index < -0.39 is 0 Å². The summed E-state index contributed by atoms with van der Waals surface area (Å²) in [7, 11) is 2.16. The topological polar surface area (TPSA) is 41.3 Å². The number of nitrogens with one attached hydrogen (secondary N) is 1. The lowest BCUT2D eigenvalue weighted by Gasteiger charge is -2.16. The zero-order valence-corrected chi connectivity index (χ0v) is 8.42. The SMILES string of the molecule is CN1CCCC1c1onc2c1CNC2. The number of hydrogen-bond donors (Lipinski definition) is 1. The third-order valence-electron chi connectivity index (χ3n) is 3.32. The molecule has 14 heavy (non-hydrogen) atoms. The molecular weight excluding hydrogens is 178 g/mol. The van der Waals surface area contributed by atoms with Gasteiger partial charge >= 0.3 is 0 Å². The van der Waals surface area contributed by atoms with Gasteiger partial charge in [-0.05, 0) is 26.4 Å². The standard InChI is InChI=1S/C10H15N3O/c1-13-4-2-3-9(13)10-7-5-11-6-8(7)12-14-10/h9,11H,2-6H2,1H3. The van der Waals surface area contributed by atoms with Gasteiger partial charge in [0.1, 0.15) is 5.69 Å². The first-order valence-electron chi connectivity index (χ1n) is 5.24. The first-order valence-corrected chi connectivity index (χ1v) is 5.24. The van der Waals surface area contributed by atoms with Crippen LogP contribution in [0.3, 0.4) is 0 Å². The van der Waals surface area contributed by atoms with Crippen molar-refractivity contribution in [3.63, 3.8) is 0 Å². The van der Waals surface area contributed by atoms with Crippen molar-refractivity contribution in [2.75, 3.05) is 13.6 Å². The maximum absolute atomic E-state index is 5.46. The summed E-state index contributed by atoms with van der Waals surface area (Å²) in [6.07, 6.45) is 2.47. The summed E-state index contributed by atoms with van der Waals surface area (Å²) < 4.78 is 5.46. The summed E-state index contributed by atoms with van der Waals surface area (Å²) >= 11 is 0. The maximum Gasteiger partial charge on any atom is 0.158 e. The van der Waals surface area contributed by atoms with Gasteiger partial charge in [-0.15, -0.1) is 0 Å². The molecule has 0 spiro atoms. The van der Waals surface area contributed by atoms with E-state index in [0.29, 0.717) is 6.04 Å². The van der Waals surface area contributed by atoms with Crippen molar-refractivity contribution >= 4 is 0 Å². The Kier molecular flexibility index (Phi) is 1.85. The Morgan fingerprint density at radius 1 is 1.50 bits per heavy atom. The second-order valence-corrected chi connectivity index (χ2v) is 4.21. The predicted molar refractivity (Wildman–Crippen MR) is 51.7 cm³/mol. The normalized spacial score (nSPS) is 27.1. The third-order valence-corrected chi connectivity index (χ3v) is 3.32. The highest BCUT2D eigenvalue weighted by Crippen LogP contribution is 2.34. The van der Waals surface area contributed by atoms with Crippen molar-refractivity contribution in [2.24, 2.45) is 0 Å². The zero-order valence-electron chi connectivity index (χ0n) is 8.42. The van der Waals surface area contributed by atoms with Gasteiger partial charge in [0.05, 0.1) is 6.04 Å². The van der Waals surface area contributed by atoms with Crippen LogP contribution < -0.4 is 5.32 Å². The lowest BCUT2D eigenvalue weighted by Crippen LogP contribution is -2.18. The quantitative estimate of drug-likeness (QED) is 0.723. The van der Waals surface area contributed by atoms with Gasteiger partial charge in [-0.2, -0.15) is 0 Å². The number of likely N-dealkylation sites (tertiary alicyclic amines) is 1. The van der Waals surface area contributed by atoms with E-state index in [2.05, 4.69) is 22.4 Å². The van der Waals surface area contributed by atoms with Crippen LogP contribution in [0.2, 0.25) is 0 Å². The number of fused-ring (bicyclic) bond motifs is 1. The van der Waals surface area contributed by atoms with Gasteiger partial charge in [0.25, 0.3) is 0 Å². The highest BCUT2D eigenvalue weighted by Gasteiger charge is 2.31. The van der Waals surface area contributed by atoms with Crippen molar-refractivity contribution in [3.05, 3.63) is 17.0 Å². The van der Waals surface area contributed by atoms with Gasteiger partial charge in [0.2, 0.25) is 0 Å². The number of hydrogen-bond acceptors (Lipinski definition) is 4. The molecule has 76 valence electrons. The molecule has 0 radical (unpaired) electrons. The van der Waals surface area contributed by atoms with Crippen LogP contribution in [0.25, 0.3) is 0 Å². The minimum atomic E-state index is 0.464. The number of nitrogens with zero attached hydrogens (tertiary/aromatic N) is 2. The first-order chi connectivity index (χ1) is 6.86. The molecule has 1 fully saturated rings. The van der Waals surface area contributed by atoms with E-state index in [-0.39, 0.29) is 0 Å².